The lowest BCUT2D eigenvalue weighted by atomic mass is 9.90. The van der Waals surface area contributed by atoms with E-state index in [4.69, 9.17) is 4.74 Å². The lowest BCUT2D eigenvalue weighted by molar-refractivity contribution is 0.0608. The zero-order valence-electron chi connectivity index (χ0n) is 9.72. The molecule has 1 N–H and O–H groups in total. The molecule has 0 spiro atoms. The fourth-order valence-corrected chi connectivity index (χ4v) is 2.24. The molecule has 0 bridgehead atoms. The van der Waals surface area contributed by atoms with Crippen molar-refractivity contribution >= 4 is 0 Å². The van der Waals surface area contributed by atoms with Gasteiger partial charge in [0.2, 0.25) is 0 Å². The van der Waals surface area contributed by atoms with Gasteiger partial charge in [0.1, 0.15) is 0 Å². The van der Waals surface area contributed by atoms with Gasteiger partial charge in [-0.05, 0) is 43.9 Å². The third-order valence-electron chi connectivity index (χ3n) is 3.27. The fourth-order valence-electron chi connectivity index (χ4n) is 2.24. The van der Waals surface area contributed by atoms with Crippen molar-refractivity contribution in [3.8, 4) is 0 Å². The van der Waals surface area contributed by atoms with E-state index < -0.39 is 0 Å². The maximum Gasteiger partial charge on any atom is 0.0544 e. The van der Waals surface area contributed by atoms with Crippen molar-refractivity contribution < 1.29 is 4.74 Å². The molecule has 1 atom stereocenters. The molecule has 1 aliphatic rings. The van der Waals surface area contributed by atoms with Crippen molar-refractivity contribution in [2.75, 3.05) is 20.3 Å². The first-order chi connectivity index (χ1) is 7.90. The van der Waals surface area contributed by atoms with E-state index in [1.165, 1.54) is 18.4 Å². The maximum absolute atomic E-state index is 5.38. The number of hydrogen-bond acceptors (Lipinski definition) is 4. The van der Waals surface area contributed by atoms with Crippen LogP contribution in [0.2, 0.25) is 0 Å². The Kier molecular flexibility index (Phi) is 4.25. The average Bonchev–Trinajstić information content (AvgIpc) is 2.38. The molecular weight excluding hydrogens is 202 g/mol. The molecule has 1 aromatic rings. The normalized spacial score (nSPS) is 19.6. The monoisotopic (exact) mass is 221 g/mol. The largest absolute Gasteiger partial charge is 0.381 e. The second kappa shape index (κ2) is 5.92. The summed E-state index contributed by atoms with van der Waals surface area (Å²) >= 11 is 0. The minimum Gasteiger partial charge on any atom is -0.381 e. The molecule has 1 unspecified atom stereocenters. The first-order valence-corrected chi connectivity index (χ1v) is 5.91. The smallest absolute Gasteiger partial charge is 0.0544 e. The lowest BCUT2D eigenvalue weighted by Crippen LogP contribution is -2.24. The molecule has 0 radical (unpaired) electrons. The van der Waals surface area contributed by atoms with Crippen LogP contribution in [0.15, 0.2) is 18.5 Å². The summed E-state index contributed by atoms with van der Waals surface area (Å²) in [5, 5.41) is 11.1. The highest BCUT2D eigenvalue weighted by atomic mass is 16.5. The van der Waals surface area contributed by atoms with E-state index in [-0.39, 0.29) is 0 Å². The molecule has 0 aromatic carbocycles. The van der Waals surface area contributed by atoms with E-state index in [9.17, 15) is 0 Å². The first-order valence-electron chi connectivity index (χ1n) is 5.91. The van der Waals surface area contributed by atoms with E-state index in [1.54, 1.807) is 6.20 Å². The minimum atomic E-state index is 0.388. The second-order valence-corrected chi connectivity index (χ2v) is 4.31. The van der Waals surface area contributed by atoms with Crippen LogP contribution in [0, 0.1) is 5.92 Å². The molecule has 16 heavy (non-hydrogen) atoms. The van der Waals surface area contributed by atoms with Gasteiger partial charge in [-0.3, -0.25) is 0 Å². The van der Waals surface area contributed by atoms with Crippen molar-refractivity contribution in [3.63, 3.8) is 0 Å². The Labute approximate surface area is 96.4 Å². The highest BCUT2D eigenvalue weighted by molar-refractivity contribution is 5.11. The predicted octanol–water partition coefficient (Wildman–Crippen LogP) is 1.55. The van der Waals surface area contributed by atoms with Gasteiger partial charge in [0.05, 0.1) is 6.20 Å². The van der Waals surface area contributed by atoms with Crippen LogP contribution in [-0.2, 0) is 4.74 Å². The Morgan fingerprint density at radius 1 is 1.44 bits per heavy atom. The Hall–Kier alpha value is -1.00. The molecule has 2 rings (SSSR count). The number of nitrogens with one attached hydrogen (secondary N) is 1. The standard InChI is InChI=1S/C12H19N3O/c1-13-12(11-2-5-14-15-9-11)8-10-3-6-16-7-4-10/h2,5,9-10,12-13H,3-4,6-8H2,1H3. The first kappa shape index (κ1) is 11.5. The number of aromatic nitrogens is 2. The lowest BCUT2D eigenvalue weighted by Gasteiger charge is -2.26. The molecule has 1 aliphatic heterocycles. The van der Waals surface area contributed by atoms with Crippen LogP contribution >= 0.6 is 0 Å². The van der Waals surface area contributed by atoms with Crippen molar-refractivity contribution in [2.45, 2.75) is 25.3 Å². The molecule has 4 heteroatoms. The molecular formula is C12H19N3O. The van der Waals surface area contributed by atoms with Crippen LogP contribution in [0.4, 0.5) is 0 Å². The molecule has 0 aliphatic carbocycles. The van der Waals surface area contributed by atoms with Crippen molar-refractivity contribution in [3.05, 3.63) is 24.0 Å². The van der Waals surface area contributed by atoms with Crippen molar-refractivity contribution in [1.82, 2.24) is 15.5 Å². The third kappa shape index (κ3) is 3.00. The van der Waals surface area contributed by atoms with Gasteiger partial charge in [0.15, 0.2) is 0 Å². The van der Waals surface area contributed by atoms with Crippen molar-refractivity contribution in [1.29, 1.82) is 0 Å². The second-order valence-electron chi connectivity index (χ2n) is 4.31. The molecule has 2 heterocycles. The summed E-state index contributed by atoms with van der Waals surface area (Å²) in [4.78, 5) is 0. The van der Waals surface area contributed by atoms with Gasteiger partial charge in [-0.1, -0.05) is 0 Å². The van der Waals surface area contributed by atoms with Gasteiger partial charge >= 0.3 is 0 Å². The van der Waals surface area contributed by atoms with Crippen LogP contribution in [0.25, 0.3) is 0 Å². The fraction of sp³-hybridized carbons (Fsp3) is 0.667. The van der Waals surface area contributed by atoms with Crippen LogP contribution in [0.1, 0.15) is 30.9 Å². The Balaban J connectivity index is 1.94. The van der Waals surface area contributed by atoms with Gasteiger partial charge < -0.3 is 10.1 Å². The van der Waals surface area contributed by atoms with E-state index in [1.807, 2.05) is 19.3 Å². The van der Waals surface area contributed by atoms with Crippen LogP contribution < -0.4 is 5.32 Å². The molecule has 88 valence electrons. The molecule has 1 aromatic heterocycles. The highest BCUT2D eigenvalue weighted by Crippen LogP contribution is 2.26. The Morgan fingerprint density at radius 3 is 2.88 bits per heavy atom. The highest BCUT2D eigenvalue weighted by Gasteiger charge is 2.19. The number of nitrogens with zero attached hydrogens (tertiary/aromatic N) is 2. The number of ether oxygens (including phenoxy) is 1. The van der Waals surface area contributed by atoms with Gasteiger partial charge in [-0.25, -0.2) is 0 Å². The summed E-state index contributed by atoms with van der Waals surface area (Å²) in [6, 6.07) is 2.42. The quantitative estimate of drug-likeness (QED) is 0.838. The topological polar surface area (TPSA) is 47.0 Å². The van der Waals surface area contributed by atoms with Gasteiger partial charge in [-0.2, -0.15) is 10.2 Å². The SMILES string of the molecule is CNC(CC1CCOCC1)c1ccnnc1. The zero-order chi connectivity index (χ0) is 11.2. The summed E-state index contributed by atoms with van der Waals surface area (Å²) in [6.45, 7) is 1.82. The summed E-state index contributed by atoms with van der Waals surface area (Å²) in [5.41, 5.74) is 1.23. The van der Waals surface area contributed by atoms with E-state index in [0.29, 0.717) is 6.04 Å². The van der Waals surface area contributed by atoms with E-state index >= 15 is 0 Å². The summed E-state index contributed by atoms with van der Waals surface area (Å²) in [7, 11) is 2.00. The maximum atomic E-state index is 5.38. The predicted molar refractivity (Wildman–Crippen MR) is 62.0 cm³/mol. The minimum absolute atomic E-state index is 0.388. The van der Waals surface area contributed by atoms with Crippen LogP contribution in [0.5, 0.6) is 0 Å². The average molecular weight is 221 g/mol. The molecule has 4 nitrogen and oxygen atoms in total. The Morgan fingerprint density at radius 2 is 2.25 bits per heavy atom. The van der Waals surface area contributed by atoms with Crippen LogP contribution in [0.3, 0.4) is 0 Å². The van der Waals surface area contributed by atoms with E-state index in [2.05, 4.69) is 15.5 Å². The zero-order valence-corrected chi connectivity index (χ0v) is 9.72. The van der Waals surface area contributed by atoms with E-state index in [0.717, 1.165) is 25.6 Å². The number of rotatable bonds is 4. The molecule has 1 saturated heterocycles. The van der Waals surface area contributed by atoms with Gasteiger partial charge in [-0.15, -0.1) is 0 Å². The summed E-state index contributed by atoms with van der Waals surface area (Å²) < 4.78 is 5.38. The van der Waals surface area contributed by atoms with Crippen LogP contribution in [-0.4, -0.2) is 30.5 Å². The number of hydrogen-bond donors (Lipinski definition) is 1. The molecule has 0 amide bonds. The van der Waals surface area contributed by atoms with Gasteiger partial charge in [0, 0.05) is 25.5 Å². The summed E-state index contributed by atoms with van der Waals surface area (Å²) in [6.07, 6.45) is 7.11. The summed E-state index contributed by atoms with van der Waals surface area (Å²) in [5.74, 6) is 0.763. The molecule has 0 saturated carbocycles. The Bertz CT molecular complexity index is 298. The van der Waals surface area contributed by atoms with Gasteiger partial charge in [0.25, 0.3) is 0 Å². The molecule has 1 fully saturated rings. The third-order valence-corrected chi connectivity index (χ3v) is 3.27. The van der Waals surface area contributed by atoms with Crippen molar-refractivity contribution in [2.24, 2.45) is 5.92 Å².